The summed E-state index contributed by atoms with van der Waals surface area (Å²) in [6.07, 6.45) is 8.92. The fraction of sp³-hybridized carbons (Fsp3) is 0.529. The Morgan fingerprint density at radius 3 is 2.72 bits per heavy atom. The number of aryl methyl sites for hydroxylation is 1. The molecule has 0 aliphatic rings. The molecule has 1 aromatic heterocycles. The Morgan fingerprint density at radius 1 is 1.11 bits per heavy atom. The van der Waals surface area contributed by atoms with Crippen molar-refractivity contribution in [3.8, 4) is 0 Å². The van der Waals surface area contributed by atoms with Crippen molar-refractivity contribution in [1.29, 1.82) is 0 Å². The Bertz CT molecular complexity index is 495. The van der Waals surface area contributed by atoms with Gasteiger partial charge in [0.25, 0.3) is 0 Å². The maximum absolute atomic E-state index is 2.37. The van der Waals surface area contributed by atoms with Crippen molar-refractivity contribution in [2.45, 2.75) is 51.9 Å². The first kappa shape index (κ1) is 13.2. The molecule has 0 fully saturated rings. The van der Waals surface area contributed by atoms with Crippen molar-refractivity contribution in [1.82, 2.24) is 4.57 Å². The molecular weight excluding hydrogens is 218 g/mol. The van der Waals surface area contributed by atoms with E-state index in [9.17, 15) is 0 Å². The summed E-state index contributed by atoms with van der Waals surface area (Å²) in [6, 6.07) is 8.96. The van der Waals surface area contributed by atoms with Crippen LogP contribution in [-0.2, 0) is 7.05 Å². The number of unbranched alkanes of at least 4 members (excludes halogenated alkanes) is 3. The lowest BCUT2D eigenvalue weighted by Gasteiger charge is -2.13. The predicted molar refractivity (Wildman–Crippen MR) is 80.1 cm³/mol. The van der Waals surface area contributed by atoms with Crippen molar-refractivity contribution in [2.75, 3.05) is 0 Å². The van der Waals surface area contributed by atoms with E-state index >= 15 is 0 Å². The topological polar surface area (TPSA) is 4.93 Å². The van der Waals surface area contributed by atoms with Gasteiger partial charge in [-0.3, -0.25) is 0 Å². The highest BCUT2D eigenvalue weighted by Crippen LogP contribution is 2.29. The Kier molecular flexibility index (Phi) is 4.46. The molecule has 18 heavy (non-hydrogen) atoms. The third-order valence-electron chi connectivity index (χ3n) is 3.98. The standard InChI is InChI=1S/C17H25N/c1-4-5-6-7-9-14(2)15-10-8-11-17-16(15)12-13-18(17)3/h8,10-14H,4-7,9H2,1-3H3. The lowest BCUT2D eigenvalue weighted by atomic mass is 9.92. The quantitative estimate of drug-likeness (QED) is 0.610. The average Bonchev–Trinajstić information content (AvgIpc) is 2.76. The maximum atomic E-state index is 2.37. The van der Waals surface area contributed by atoms with Crippen LogP contribution < -0.4 is 0 Å². The summed E-state index contributed by atoms with van der Waals surface area (Å²) in [6.45, 7) is 4.64. The van der Waals surface area contributed by atoms with Gasteiger partial charge in [-0.1, -0.05) is 51.7 Å². The molecule has 2 aromatic rings. The van der Waals surface area contributed by atoms with Crippen LogP contribution in [0.5, 0.6) is 0 Å². The summed E-state index contributed by atoms with van der Waals surface area (Å²) < 4.78 is 2.21. The molecule has 1 atom stereocenters. The molecule has 0 radical (unpaired) electrons. The fourth-order valence-corrected chi connectivity index (χ4v) is 2.79. The Morgan fingerprint density at radius 2 is 1.94 bits per heavy atom. The number of aromatic nitrogens is 1. The Balaban J connectivity index is 2.10. The SMILES string of the molecule is CCCCCCC(C)c1cccc2c1ccn2C. The van der Waals surface area contributed by atoms with Crippen LogP contribution in [0.1, 0.15) is 57.4 Å². The van der Waals surface area contributed by atoms with E-state index in [0.29, 0.717) is 5.92 Å². The van der Waals surface area contributed by atoms with Gasteiger partial charge in [0.15, 0.2) is 0 Å². The van der Waals surface area contributed by atoms with E-state index in [1.807, 2.05) is 0 Å². The summed E-state index contributed by atoms with van der Waals surface area (Å²) >= 11 is 0. The number of hydrogen-bond donors (Lipinski definition) is 0. The molecule has 0 amide bonds. The van der Waals surface area contributed by atoms with Crippen LogP contribution in [0.4, 0.5) is 0 Å². The van der Waals surface area contributed by atoms with Gasteiger partial charge in [-0.25, -0.2) is 0 Å². The first-order valence-corrected chi connectivity index (χ1v) is 7.28. The zero-order valence-corrected chi connectivity index (χ0v) is 11.9. The number of hydrogen-bond acceptors (Lipinski definition) is 0. The predicted octanol–water partition coefficient (Wildman–Crippen LogP) is 5.25. The largest absolute Gasteiger partial charge is 0.351 e. The highest BCUT2D eigenvalue weighted by Gasteiger charge is 2.10. The first-order chi connectivity index (χ1) is 8.74. The van der Waals surface area contributed by atoms with E-state index in [1.165, 1.54) is 48.6 Å². The van der Waals surface area contributed by atoms with E-state index in [4.69, 9.17) is 0 Å². The molecule has 0 aliphatic carbocycles. The summed E-state index contributed by atoms with van der Waals surface area (Å²) in [4.78, 5) is 0. The third-order valence-corrected chi connectivity index (χ3v) is 3.98. The summed E-state index contributed by atoms with van der Waals surface area (Å²) in [7, 11) is 2.12. The molecule has 0 aliphatic heterocycles. The van der Waals surface area contributed by atoms with E-state index in [0.717, 1.165) is 0 Å². The monoisotopic (exact) mass is 243 g/mol. The smallest absolute Gasteiger partial charge is 0.0480 e. The van der Waals surface area contributed by atoms with E-state index in [-0.39, 0.29) is 0 Å². The van der Waals surface area contributed by atoms with Gasteiger partial charge in [0.2, 0.25) is 0 Å². The highest BCUT2D eigenvalue weighted by molar-refractivity contribution is 5.84. The molecule has 0 saturated heterocycles. The molecule has 0 bridgehead atoms. The minimum atomic E-state index is 0.674. The highest BCUT2D eigenvalue weighted by atomic mass is 14.9. The number of nitrogens with zero attached hydrogens (tertiary/aromatic N) is 1. The molecule has 1 nitrogen and oxygen atoms in total. The Hall–Kier alpha value is -1.24. The maximum Gasteiger partial charge on any atom is 0.0480 e. The van der Waals surface area contributed by atoms with Crippen molar-refractivity contribution in [3.63, 3.8) is 0 Å². The number of benzene rings is 1. The lowest BCUT2D eigenvalue weighted by molar-refractivity contribution is 0.582. The van der Waals surface area contributed by atoms with Crippen LogP contribution in [0.15, 0.2) is 30.5 Å². The minimum absolute atomic E-state index is 0.674. The first-order valence-electron chi connectivity index (χ1n) is 7.28. The van der Waals surface area contributed by atoms with Gasteiger partial charge in [-0.05, 0) is 30.0 Å². The van der Waals surface area contributed by atoms with Gasteiger partial charge in [-0.2, -0.15) is 0 Å². The molecule has 0 spiro atoms. The zero-order chi connectivity index (χ0) is 13.0. The van der Waals surface area contributed by atoms with Crippen molar-refractivity contribution >= 4 is 10.9 Å². The molecule has 0 saturated carbocycles. The van der Waals surface area contributed by atoms with Gasteiger partial charge in [0, 0.05) is 24.1 Å². The van der Waals surface area contributed by atoms with Gasteiger partial charge in [0.1, 0.15) is 0 Å². The van der Waals surface area contributed by atoms with Crippen LogP contribution in [0.3, 0.4) is 0 Å². The number of fused-ring (bicyclic) bond motifs is 1. The molecular formula is C17H25N. The normalized spacial score (nSPS) is 13.1. The number of rotatable bonds is 6. The fourth-order valence-electron chi connectivity index (χ4n) is 2.79. The van der Waals surface area contributed by atoms with Crippen molar-refractivity contribution in [3.05, 3.63) is 36.0 Å². The van der Waals surface area contributed by atoms with Crippen molar-refractivity contribution in [2.24, 2.45) is 7.05 Å². The summed E-state index contributed by atoms with van der Waals surface area (Å²) in [5, 5.41) is 1.43. The molecule has 0 N–H and O–H groups in total. The van der Waals surface area contributed by atoms with Crippen LogP contribution in [-0.4, -0.2) is 4.57 Å². The molecule has 1 aromatic carbocycles. The minimum Gasteiger partial charge on any atom is -0.351 e. The van der Waals surface area contributed by atoms with Gasteiger partial charge in [0.05, 0.1) is 0 Å². The molecule has 1 heterocycles. The summed E-state index contributed by atoms with van der Waals surface area (Å²) in [5.74, 6) is 0.674. The molecule has 98 valence electrons. The van der Waals surface area contributed by atoms with Crippen LogP contribution in [0, 0.1) is 0 Å². The average molecular weight is 243 g/mol. The van der Waals surface area contributed by atoms with Crippen LogP contribution in [0.25, 0.3) is 10.9 Å². The van der Waals surface area contributed by atoms with Crippen molar-refractivity contribution < 1.29 is 0 Å². The molecule has 1 unspecified atom stereocenters. The van der Waals surface area contributed by atoms with E-state index < -0.39 is 0 Å². The van der Waals surface area contributed by atoms with Gasteiger partial charge < -0.3 is 4.57 Å². The van der Waals surface area contributed by atoms with E-state index in [1.54, 1.807) is 0 Å². The zero-order valence-electron chi connectivity index (χ0n) is 11.9. The van der Waals surface area contributed by atoms with Crippen LogP contribution in [0.2, 0.25) is 0 Å². The lowest BCUT2D eigenvalue weighted by Crippen LogP contribution is -1.95. The Labute approximate surface area is 111 Å². The van der Waals surface area contributed by atoms with E-state index in [2.05, 4.69) is 55.9 Å². The van der Waals surface area contributed by atoms with Crippen LogP contribution >= 0.6 is 0 Å². The second-order valence-electron chi connectivity index (χ2n) is 5.46. The second kappa shape index (κ2) is 6.08. The molecule has 1 heteroatoms. The second-order valence-corrected chi connectivity index (χ2v) is 5.46. The van der Waals surface area contributed by atoms with Gasteiger partial charge >= 0.3 is 0 Å². The molecule has 2 rings (SSSR count). The summed E-state index contributed by atoms with van der Waals surface area (Å²) in [5.41, 5.74) is 2.87. The van der Waals surface area contributed by atoms with Gasteiger partial charge in [-0.15, -0.1) is 0 Å². The third kappa shape index (κ3) is 2.77.